The maximum absolute atomic E-state index is 13.9. The number of carboxylic acids is 1. The van der Waals surface area contributed by atoms with Crippen molar-refractivity contribution in [3.63, 3.8) is 0 Å². The van der Waals surface area contributed by atoms with Crippen molar-refractivity contribution in [2.75, 3.05) is 0 Å². The van der Waals surface area contributed by atoms with E-state index in [-0.39, 0.29) is 17.7 Å². The monoisotopic (exact) mass is 490 g/mol. The summed E-state index contributed by atoms with van der Waals surface area (Å²) in [7, 11) is -3.90. The molecule has 1 aliphatic rings. The number of fused-ring (bicyclic) bond motifs is 1. The molecule has 0 bridgehead atoms. The first-order chi connectivity index (χ1) is 15.2. The zero-order valence-corrected chi connectivity index (χ0v) is 18.9. The van der Waals surface area contributed by atoms with Gasteiger partial charge < -0.3 is 5.11 Å². The SMILES string of the molecule is O=C(O)CCC1=CC(S(=O)(=O)c2cccc(-c3ccc(Cl)cc3Cl)c2)c2ccc(F)cc21. The van der Waals surface area contributed by atoms with E-state index in [1.807, 2.05) is 0 Å². The highest BCUT2D eigenvalue weighted by Gasteiger charge is 2.35. The van der Waals surface area contributed by atoms with Crippen LogP contribution in [-0.2, 0) is 14.6 Å². The Hall–Kier alpha value is -2.67. The fourth-order valence-electron chi connectivity index (χ4n) is 3.84. The van der Waals surface area contributed by atoms with Gasteiger partial charge in [0.05, 0.1) is 4.90 Å². The third kappa shape index (κ3) is 4.31. The van der Waals surface area contributed by atoms with Crippen LogP contribution < -0.4 is 0 Å². The molecule has 8 heteroatoms. The van der Waals surface area contributed by atoms with Crippen molar-refractivity contribution in [2.45, 2.75) is 23.0 Å². The second kappa shape index (κ2) is 8.70. The summed E-state index contributed by atoms with van der Waals surface area (Å²) >= 11 is 12.3. The van der Waals surface area contributed by atoms with Crippen LogP contribution in [0, 0.1) is 5.82 Å². The molecule has 0 saturated carbocycles. The van der Waals surface area contributed by atoms with Crippen molar-refractivity contribution in [2.24, 2.45) is 0 Å². The average molecular weight is 491 g/mol. The highest BCUT2D eigenvalue weighted by atomic mass is 35.5. The van der Waals surface area contributed by atoms with E-state index in [9.17, 15) is 17.6 Å². The fourth-order valence-corrected chi connectivity index (χ4v) is 6.10. The third-order valence-corrected chi connectivity index (χ3v) is 7.89. The number of allylic oxidation sites excluding steroid dienone is 1. The Labute approximate surface area is 194 Å². The van der Waals surface area contributed by atoms with Crippen LogP contribution in [0.3, 0.4) is 0 Å². The van der Waals surface area contributed by atoms with E-state index in [1.54, 1.807) is 30.3 Å². The minimum atomic E-state index is -3.90. The summed E-state index contributed by atoms with van der Waals surface area (Å²) in [6.45, 7) is 0. The van der Waals surface area contributed by atoms with E-state index >= 15 is 0 Å². The van der Waals surface area contributed by atoms with E-state index in [0.717, 1.165) is 0 Å². The highest BCUT2D eigenvalue weighted by Crippen LogP contribution is 2.44. The number of benzene rings is 3. The van der Waals surface area contributed by atoms with Gasteiger partial charge in [-0.05, 0) is 65.1 Å². The van der Waals surface area contributed by atoms with Gasteiger partial charge in [-0.1, -0.05) is 53.5 Å². The van der Waals surface area contributed by atoms with E-state index in [1.165, 1.54) is 36.4 Å². The zero-order chi connectivity index (χ0) is 23.0. The minimum Gasteiger partial charge on any atom is -0.481 e. The molecule has 3 aromatic rings. The molecule has 32 heavy (non-hydrogen) atoms. The number of hydrogen-bond donors (Lipinski definition) is 1. The van der Waals surface area contributed by atoms with Gasteiger partial charge in [0.25, 0.3) is 0 Å². The number of hydrogen-bond acceptors (Lipinski definition) is 3. The topological polar surface area (TPSA) is 71.4 Å². The predicted molar refractivity (Wildman–Crippen MR) is 123 cm³/mol. The Morgan fingerprint density at radius 3 is 2.50 bits per heavy atom. The highest BCUT2D eigenvalue weighted by molar-refractivity contribution is 7.91. The molecule has 0 amide bonds. The van der Waals surface area contributed by atoms with Crippen molar-refractivity contribution in [3.05, 3.63) is 93.7 Å². The first-order valence-corrected chi connectivity index (χ1v) is 12.0. The van der Waals surface area contributed by atoms with Crippen LogP contribution in [0.5, 0.6) is 0 Å². The van der Waals surface area contributed by atoms with Crippen LogP contribution in [0.1, 0.15) is 29.2 Å². The maximum Gasteiger partial charge on any atom is 0.303 e. The van der Waals surface area contributed by atoms with Gasteiger partial charge in [0.2, 0.25) is 0 Å². The third-order valence-electron chi connectivity index (χ3n) is 5.37. The average Bonchev–Trinajstić information content (AvgIpc) is 3.11. The van der Waals surface area contributed by atoms with Crippen LogP contribution in [-0.4, -0.2) is 19.5 Å². The molecule has 164 valence electrons. The largest absolute Gasteiger partial charge is 0.481 e. The summed E-state index contributed by atoms with van der Waals surface area (Å²) in [5, 5.41) is 8.84. The quantitative estimate of drug-likeness (QED) is 0.423. The summed E-state index contributed by atoms with van der Waals surface area (Å²) in [5.41, 5.74) is 2.62. The lowest BCUT2D eigenvalue weighted by Crippen LogP contribution is -2.11. The van der Waals surface area contributed by atoms with Gasteiger partial charge in [-0.2, -0.15) is 0 Å². The summed E-state index contributed by atoms with van der Waals surface area (Å²) in [4.78, 5) is 11.1. The summed E-state index contributed by atoms with van der Waals surface area (Å²) in [5.74, 6) is -1.52. The molecule has 0 spiro atoms. The molecule has 0 fully saturated rings. The van der Waals surface area contributed by atoms with Crippen LogP contribution in [0.4, 0.5) is 4.39 Å². The number of halogens is 3. The van der Waals surface area contributed by atoms with Crippen molar-refractivity contribution >= 4 is 44.6 Å². The van der Waals surface area contributed by atoms with Crippen molar-refractivity contribution < 1.29 is 22.7 Å². The van der Waals surface area contributed by atoms with Gasteiger partial charge in [-0.15, -0.1) is 0 Å². The minimum absolute atomic E-state index is 0.0806. The van der Waals surface area contributed by atoms with Gasteiger partial charge in [0.1, 0.15) is 11.1 Å². The number of carboxylic acid groups (broad SMARTS) is 1. The number of sulfone groups is 1. The Balaban J connectivity index is 1.77. The maximum atomic E-state index is 13.9. The lowest BCUT2D eigenvalue weighted by Gasteiger charge is -2.14. The summed E-state index contributed by atoms with van der Waals surface area (Å²) in [6, 6.07) is 15.3. The second-order valence-electron chi connectivity index (χ2n) is 7.43. The molecule has 0 radical (unpaired) electrons. The molecule has 1 N–H and O–H groups in total. The lowest BCUT2D eigenvalue weighted by atomic mass is 10.0. The van der Waals surface area contributed by atoms with Crippen molar-refractivity contribution in [1.29, 1.82) is 0 Å². The normalized spacial score (nSPS) is 15.3. The Morgan fingerprint density at radius 2 is 1.78 bits per heavy atom. The van der Waals surface area contributed by atoms with Gasteiger partial charge in [-0.25, -0.2) is 12.8 Å². The molecule has 4 nitrogen and oxygen atoms in total. The van der Waals surface area contributed by atoms with Crippen molar-refractivity contribution in [1.82, 2.24) is 0 Å². The number of rotatable bonds is 6. The number of carbonyl (C=O) groups is 1. The van der Waals surface area contributed by atoms with E-state index in [2.05, 4.69) is 0 Å². The second-order valence-corrected chi connectivity index (χ2v) is 10.3. The van der Waals surface area contributed by atoms with E-state index in [4.69, 9.17) is 28.3 Å². The van der Waals surface area contributed by atoms with Crippen LogP contribution in [0.2, 0.25) is 10.0 Å². The molecule has 0 saturated heterocycles. The molecular formula is C24H17Cl2FO4S. The summed E-state index contributed by atoms with van der Waals surface area (Å²) < 4.78 is 41.0. The zero-order valence-electron chi connectivity index (χ0n) is 16.6. The first kappa shape index (κ1) is 22.5. The van der Waals surface area contributed by atoms with Crippen LogP contribution >= 0.6 is 23.2 Å². The smallest absolute Gasteiger partial charge is 0.303 e. The molecule has 0 heterocycles. The van der Waals surface area contributed by atoms with Crippen LogP contribution in [0.25, 0.3) is 16.7 Å². The molecule has 0 aliphatic heterocycles. The van der Waals surface area contributed by atoms with E-state index in [0.29, 0.717) is 37.9 Å². The molecule has 1 aliphatic carbocycles. The van der Waals surface area contributed by atoms with Crippen molar-refractivity contribution in [3.8, 4) is 11.1 Å². The van der Waals surface area contributed by atoms with Gasteiger partial charge in [-0.3, -0.25) is 4.79 Å². The molecule has 1 unspecified atom stereocenters. The molecule has 0 aromatic heterocycles. The lowest BCUT2D eigenvalue weighted by molar-refractivity contribution is -0.136. The molecule has 3 aromatic carbocycles. The predicted octanol–water partition coefficient (Wildman–Crippen LogP) is 6.58. The standard InChI is InChI=1S/C24H17Cl2FO4S/c25-16-5-7-19(22(26)12-16)14-2-1-3-18(10-14)32(30,31)23-11-15(4-9-24(28)29)21-13-17(27)6-8-20(21)23/h1-3,5-8,10-13,23H,4,9H2,(H,28,29). The Bertz CT molecular complexity index is 1370. The van der Waals surface area contributed by atoms with Crippen LogP contribution in [0.15, 0.2) is 71.6 Å². The van der Waals surface area contributed by atoms with E-state index < -0.39 is 26.9 Å². The van der Waals surface area contributed by atoms with Gasteiger partial charge in [0, 0.05) is 22.0 Å². The summed E-state index contributed by atoms with van der Waals surface area (Å²) in [6.07, 6.45) is 1.45. The molecule has 1 atom stereocenters. The first-order valence-electron chi connectivity index (χ1n) is 9.68. The Kier molecular flexibility index (Phi) is 6.12. The Morgan fingerprint density at radius 1 is 1.00 bits per heavy atom. The van der Waals surface area contributed by atoms with Gasteiger partial charge >= 0.3 is 5.97 Å². The van der Waals surface area contributed by atoms with Gasteiger partial charge in [0.15, 0.2) is 9.84 Å². The number of aliphatic carboxylic acids is 1. The fraction of sp³-hybridized carbons (Fsp3) is 0.125. The molecule has 4 rings (SSSR count). The molecular weight excluding hydrogens is 474 g/mol.